The highest BCUT2D eigenvalue weighted by Gasteiger charge is 2.28. The molecule has 1 aliphatic rings. The number of aromatic nitrogens is 3. The molecule has 0 radical (unpaired) electrons. The lowest BCUT2D eigenvalue weighted by Gasteiger charge is -2.29. The third-order valence-electron chi connectivity index (χ3n) is 3.07. The molecule has 1 aromatic heterocycles. The molecule has 1 aliphatic heterocycles. The predicted octanol–water partition coefficient (Wildman–Crippen LogP) is 2.82. The number of alkyl halides is 1. The number of hydrogen-bond donors (Lipinski definition) is 0. The van der Waals surface area contributed by atoms with Crippen LogP contribution < -0.4 is 0 Å². The van der Waals surface area contributed by atoms with E-state index in [0.717, 1.165) is 43.0 Å². The summed E-state index contributed by atoms with van der Waals surface area (Å²) in [6.07, 6.45) is 2.27. The van der Waals surface area contributed by atoms with Crippen LogP contribution in [-0.4, -0.2) is 28.0 Å². The lowest BCUT2D eigenvalue weighted by Crippen LogP contribution is -2.29. The van der Waals surface area contributed by atoms with Gasteiger partial charge in [0.2, 0.25) is 0 Å². The van der Waals surface area contributed by atoms with Crippen LogP contribution in [0.2, 0.25) is 0 Å². The van der Waals surface area contributed by atoms with Crippen LogP contribution in [0.3, 0.4) is 0 Å². The molecule has 0 saturated carbocycles. The van der Waals surface area contributed by atoms with Gasteiger partial charge in [-0.25, -0.2) is 0 Å². The zero-order valence-corrected chi connectivity index (χ0v) is 12.3. The van der Waals surface area contributed by atoms with E-state index >= 15 is 0 Å². The summed E-state index contributed by atoms with van der Waals surface area (Å²) in [4.78, 5) is 0. The summed E-state index contributed by atoms with van der Waals surface area (Å²) in [5.41, 5.74) is 0.0133. The monoisotopic (exact) mass is 301 g/mol. The second kappa shape index (κ2) is 5.06. The molecule has 1 aromatic rings. The van der Waals surface area contributed by atoms with Crippen LogP contribution in [0.15, 0.2) is 0 Å². The molecule has 1 atom stereocenters. The topological polar surface area (TPSA) is 39.9 Å². The summed E-state index contributed by atoms with van der Waals surface area (Å²) in [5.74, 6) is 2.47. The number of halogens is 1. The first-order valence-corrected chi connectivity index (χ1v) is 7.24. The third kappa shape index (κ3) is 2.71. The number of rotatable bonds is 2. The van der Waals surface area contributed by atoms with E-state index in [2.05, 4.69) is 51.5 Å². The van der Waals surface area contributed by atoms with Crippen LogP contribution >= 0.6 is 15.9 Å². The van der Waals surface area contributed by atoms with Crippen molar-refractivity contribution in [1.29, 1.82) is 0 Å². The maximum atomic E-state index is 5.55. The van der Waals surface area contributed by atoms with Gasteiger partial charge in [0, 0.05) is 18.1 Å². The van der Waals surface area contributed by atoms with Gasteiger partial charge in [0.25, 0.3) is 0 Å². The van der Waals surface area contributed by atoms with Crippen molar-refractivity contribution < 1.29 is 4.74 Å². The van der Waals surface area contributed by atoms with Crippen LogP contribution in [0.4, 0.5) is 0 Å². The first-order valence-electron chi connectivity index (χ1n) is 6.12. The minimum absolute atomic E-state index is 0.0133. The molecule has 0 aliphatic carbocycles. The molecule has 0 amide bonds. The van der Waals surface area contributed by atoms with Gasteiger partial charge < -0.3 is 9.30 Å². The normalized spacial score (nSPS) is 21.8. The first-order chi connectivity index (χ1) is 8.04. The van der Waals surface area contributed by atoms with E-state index in [1.807, 2.05) is 0 Å². The fourth-order valence-electron chi connectivity index (χ4n) is 2.36. The Morgan fingerprint density at radius 2 is 2.18 bits per heavy atom. The highest BCUT2D eigenvalue weighted by atomic mass is 79.9. The Morgan fingerprint density at radius 1 is 1.41 bits per heavy atom. The Hall–Kier alpha value is -0.420. The average Bonchev–Trinajstić information content (AvgIpc) is 2.73. The van der Waals surface area contributed by atoms with Crippen LogP contribution in [0.25, 0.3) is 0 Å². The predicted molar refractivity (Wildman–Crippen MR) is 70.4 cm³/mol. The fraction of sp³-hybridized carbons (Fsp3) is 0.833. The van der Waals surface area contributed by atoms with Crippen LogP contribution in [-0.2, 0) is 15.6 Å². The Morgan fingerprint density at radius 3 is 2.71 bits per heavy atom. The van der Waals surface area contributed by atoms with Gasteiger partial charge in [0.15, 0.2) is 0 Å². The Kier molecular flexibility index (Phi) is 3.88. The van der Waals surface area contributed by atoms with E-state index in [1.54, 1.807) is 0 Å². The van der Waals surface area contributed by atoms with E-state index in [4.69, 9.17) is 4.74 Å². The van der Waals surface area contributed by atoms with Crippen molar-refractivity contribution in [2.45, 2.75) is 50.4 Å². The Balaban J connectivity index is 2.36. The van der Waals surface area contributed by atoms with E-state index in [-0.39, 0.29) is 5.54 Å². The van der Waals surface area contributed by atoms with Crippen LogP contribution in [0.1, 0.15) is 51.2 Å². The smallest absolute Gasteiger partial charge is 0.144 e. The lowest BCUT2D eigenvalue weighted by atomic mass is 9.99. The van der Waals surface area contributed by atoms with Crippen molar-refractivity contribution in [3.8, 4) is 0 Å². The molecule has 96 valence electrons. The van der Waals surface area contributed by atoms with Gasteiger partial charge in [-0.15, -0.1) is 10.2 Å². The summed E-state index contributed by atoms with van der Waals surface area (Å²) >= 11 is 3.48. The van der Waals surface area contributed by atoms with Crippen molar-refractivity contribution in [1.82, 2.24) is 14.8 Å². The molecule has 0 aromatic carbocycles. The Bertz CT molecular complexity index is 378. The molecule has 0 bridgehead atoms. The maximum Gasteiger partial charge on any atom is 0.144 e. The first kappa shape index (κ1) is 13.0. The van der Waals surface area contributed by atoms with E-state index in [1.165, 1.54) is 0 Å². The van der Waals surface area contributed by atoms with Crippen LogP contribution in [0.5, 0.6) is 0 Å². The molecule has 2 rings (SSSR count). The van der Waals surface area contributed by atoms with Crippen molar-refractivity contribution in [3.63, 3.8) is 0 Å². The fourth-order valence-corrected chi connectivity index (χ4v) is 2.72. The third-order valence-corrected chi connectivity index (χ3v) is 3.57. The zero-order valence-electron chi connectivity index (χ0n) is 10.7. The number of hydrogen-bond acceptors (Lipinski definition) is 3. The zero-order chi connectivity index (χ0) is 12.5. The summed E-state index contributed by atoms with van der Waals surface area (Å²) in [6.45, 7) is 8.23. The number of ether oxygens (including phenoxy) is 1. The maximum absolute atomic E-state index is 5.55. The average molecular weight is 302 g/mol. The quantitative estimate of drug-likeness (QED) is 0.789. The second-order valence-electron chi connectivity index (χ2n) is 5.53. The molecular weight excluding hydrogens is 282 g/mol. The molecule has 1 unspecified atom stereocenters. The van der Waals surface area contributed by atoms with Crippen molar-refractivity contribution in [3.05, 3.63) is 11.6 Å². The van der Waals surface area contributed by atoms with Gasteiger partial charge in [0.1, 0.15) is 11.6 Å². The largest absolute Gasteiger partial charge is 0.381 e. The summed E-state index contributed by atoms with van der Waals surface area (Å²) in [6, 6.07) is 0. The van der Waals surface area contributed by atoms with Gasteiger partial charge in [-0.2, -0.15) is 0 Å². The van der Waals surface area contributed by atoms with E-state index in [0.29, 0.717) is 5.92 Å². The molecular formula is C12H20BrN3O. The van der Waals surface area contributed by atoms with Gasteiger partial charge in [-0.3, -0.25) is 0 Å². The molecule has 4 nitrogen and oxygen atoms in total. The van der Waals surface area contributed by atoms with Gasteiger partial charge in [-0.05, 0) is 33.6 Å². The lowest BCUT2D eigenvalue weighted by molar-refractivity contribution is 0.0756. The Labute approximate surface area is 111 Å². The van der Waals surface area contributed by atoms with Crippen molar-refractivity contribution in [2.75, 3.05) is 13.2 Å². The van der Waals surface area contributed by atoms with Crippen molar-refractivity contribution in [2.24, 2.45) is 0 Å². The molecule has 2 heterocycles. The number of nitrogens with zero attached hydrogens (tertiary/aromatic N) is 3. The standard InChI is InChI=1S/C12H20BrN3O/c1-12(2,3)16-10(7-13)14-15-11(16)9-5-4-6-17-8-9/h9H,4-8H2,1-3H3. The molecule has 1 fully saturated rings. The molecule has 1 saturated heterocycles. The molecule has 0 spiro atoms. The SMILES string of the molecule is CC(C)(C)n1c(CBr)nnc1C1CCCOC1. The summed E-state index contributed by atoms with van der Waals surface area (Å²) < 4.78 is 7.81. The van der Waals surface area contributed by atoms with Crippen LogP contribution in [0, 0.1) is 0 Å². The van der Waals surface area contributed by atoms with Crippen molar-refractivity contribution >= 4 is 15.9 Å². The minimum atomic E-state index is 0.0133. The van der Waals surface area contributed by atoms with Gasteiger partial charge in [0.05, 0.1) is 11.9 Å². The van der Waals surface area contributed by atoms with Gasteiger partial charge in [-0.1, -0.05) is 15.9 Å². The molecule has 5 heteroatoms. The van der Waals surface area contributed by atoms with E-state index < -0.39 is 0 Å². The summed E-state index contributed by atoms with van der Waals surface area (Å²) in [5, 5.41) is 9.41. The molecule has 0 N–H and O–H groups in total. The second-order valence-corrected chi connectivity index (χ2v) is 6.09. The molecule has 17 heavy (non-hydrogen) atoms. The van der Waals surface area contributed by atoms with Gasteiger partial charge >= 0.3 is 0 Å². The highest BCUT2D eigenvalue weighted by Crippen LogP contribution is 2.29. The summed E-state index contributed by atoms with van der Waals surface area (Å²) in [7, 11) is 0. The van der Waals surface area contributed by atoms with E-state index in [9.17, 15) is 0 Å². The highest BCUT2D eigenvalue weighted by molar-refractivity contribution is 9.08. The minimum Gasteiger partial charge on any atom is -0.381 e.